The summed E-state index contributed by atoms with van der Waals surface area (Å²) < 4.78 is 0. The molecule has 7 nitrogen and oxygen atoms in total. The van der Waals surface area contributed by atoms with Gasteiger partial charge in [0.1, 0.15) is 6.04 Å². The van der Waals surface area contributed by atoms with Crippen LogP contribution in [0, 0.1) is 0 Å². The maximum absolute atomic E-state index is 11.7. The Morgan fingerprint density at radius 3 is 2.55 bits per heavy atom. The van der Waals surface area contributed by atoms with Crippen LogP contribution in [-0.4, -0.2) is 39.8 Å². The highest BCUT2D eigenvalue weighted by Crippen LogP contribution is 2.26. The summed E-state index contributed by atoms with van der Waals surface area (Å²) in [4.78, 5) is 26.8. The highest BCUT2D eigenvalue weighted by Gasteiger charge is 2.21. The van der Waals surface area contributed by atoms with Gasteiger partial charge < -0.3 is 15.5 Å². The number of hydrogen-bond donors (Lipinski definition) is 4. The van der Waals surface area contributed by atoms with E-state index in [1.807, 2.05) is 26.2 Å². The van der Waals surface area contributed by atoms with Gasteiger partial charge in [0, 0.05) is 23.8 Å². The average molecular weight is 301 g/mol. The number of hydrogen-bond acceptors (Lipinski definition) is 5. The van der Waals surface area contributed by atoms with Gasteiger partial charge in [0.25, 0.3) is 0 Å². The van der Waals surface area contributed by atoms with E-state index >= 15 is 0 Å². The first kappa shape index (κ1) is 16.4. The summed E-state index contributed by atoms with van der Waals surface area (Å²) in [5.74, 6) is -1.19. The SMILES string of the molecule is CC(C)(C)c1csc(NC(=O)NC(CCO)C(=O)O)n1. The van der Waals surface area contributed by atoms with Crippen molar-refractivity contribution in [3.05, 3.63) is 11.1 Å². The zero-order chi connectivity index (χ0) is 15.3. The number of aliphatic hydroxyl groups excluding tert-OH is 1. The zero-order valence-electron chi connectivity index (χ0n) is 11.6. The Bertz CT molecular complexity index is 481. The van der Waals surface area contributed by atoms with E-state index in [2.05, 4.69) is 15.6 Å². The number of amides is 2. The third kappa shape index (κ3) is 4.78. The van der Waals surface area contributed by atoms with Crippen molar-refractivity contribution in [1.29, 1.82) is 0 Å². The maximum atomic E-state index is 11.7. The molecule has 0 aliphatic carbocycles. The molecule has 1 heterocycles. The number of rotatable bonds is 5. The van der Waals surface area contributed by atoms with Crippen LogP contribution in [0.15, 0.2) is 5.38 Å². The average Bonchev–Trinajstić information content (AvgIpc) is 2.76. The van der Waals surface area contributed by atoms with Gasteiger partial charge in [-0.05, 0) is 0 Å². The number of nitrogens with zero attached hydrogens (tertiary/aromatic N) is 1. The molecular weight excluding hydrogens is 282 g/mol. The Morgan fingerprint density at radius 2 is 2.10 bits per heavy atom. The molecule has 1 aromatic rings. The minimum Gasteiger partial charge on any atom is -0.480 e. The van der Waals surface area contributed by atoms with Crippen molar-refractivity contribution in [3.63, 3.8) is 0 Å². The number of carboxylic acids is 1. The summed E-state index contributed by atoms with van der Waals surface area (Å²) in [6, 6.07) is -1.78. The number of carboxylic acid groups (broad SMARTS) is 1. The van der Waals surface area contributed by atoms with Crippen LogP contribution in [0.1, 0.15) is 32.9 Å². The number of anilines is 1. The predicted molar refractivity (Wildman–Crippen MR) is 76.1 cm³/mol. The summed E-state index contributed by atoms with van der Waals surface area (Å²) in [6.45, 7) is 5.71. The summed E-state index contributed by atoms with van der Waals surface area (Å²) in [5.41, 5.74) is 0.732. The molecule has 1 rings (SSSR count). The highest BCUT2D eigenvalue weighted by molar-refractivity contribution is 7.13. The van der Waals surface area contributed by atoms with Gasteiger partial charge >= 0.3 is 12.0 Å². The first-order chi connectivity index (χ1) is 9.24. The standard InChI is InChI=1S/C12H19N3O4S/c1-12(2,3)8-6-20-11(14-8)15-10(19)13-7(4-5-16)9(17)18/h6-7,16H,4-5H2,1-3H3,(H,17,18)(H2,13,14,15,19). The van der Waals surface area contributed by atoms with Gasteiger partial charge in [0.15, 0.2) is 5.13 Å². The van der Waals surface area contributed by atoms with E-state index in [0.717, 1.165) is 5.69 Å². The molecule has 1 aromatic heterocycles. The fourth-order valence-electron chi connectivity index (χ4n) is 1.35. The lowest BCUT2D eigenvalue weighted by molar-refractivity contribution is -0.139. The van der Waals surface area contributed by atoms with Crippen molar-refractivity contribution in [3.8, 4) is 0 Å². The molecule has 0 aromatic carbocycles. The quantitative estimate of drug-likeness (QED) is 0.657. The van der Waals surface area contributed by atoms with Gasteiger partial charge in [-0.1, -0.05) is 20.8 Å². The van der Waals surface area contributed by atoms with E-state index in [9.17, 15) is 9.59 Å². The Kier molecular flexibility index (Phi) is 5.46. The molecule has 0 fully saturated rings. The Hall–Kier alpha value is -1.67. The molecule has 8 heteroatoms. The monoisotopic (exact) mass is 301 g/mol. The molecule has 0 aliphatic rings. The lowest BCUT2D eigenvalue weighted by Crippen LogP contribution is -2.43. The minimum absolute atomic E-state index is 0.0478. The minimum atomic E-state index is -1.19. The topological polar surface area (TPSA) is 112 Å². The van der Waals surface area contributed by atoms with Crippen LogP contribution in [0.3, 0.4) is 0 Å². The van der Waals surface area contributed by atoms with Gasteiger partial charge in [0.05, 0.1) is 5.69 Å². The number of urea groups is 1. The normalized spacial score (nSPS) is 12.8. The summed E-state index contributed by atoms with van der Waals surface area (Å²) in [6.07, 6.45) is -0.0478. The van der Waals surface area contributed by atoms with Gasteiger partial charge in [-0.2, -0.15) is 0 Å². The van der Waals surface area contributed by atoms with Gasteiger partial charge in [-0.3, -0.25) is 5.32 Å². The fourth-order valence-corrected chi connectivity index (χ4v) is 2.29. The molecular formula is C12H19N3O4S. The lowest BCUT2D eigenvalue weighted by Gasteiger charge is -2.14. The van der Waals surface area contributed by atoms with Gasteiger partial charge in [0.2, 0.25) is 0 Å². The van der Waals surface area contributed by atoms with Gasteiger partial charge in [-0.25, -0.2) is 14.6 Å². The second-order valence-electron chi connectivity index (χ2n) is 5.29. The second kappa shape index (κ2) is 6.67. The number of aliphatic carboxylic acids is 1. The van der Waals surface area contributed by atoms with E-state index < -0.39 is 18.0 Å². The predicted octanol–water partition coefficient (Wildman–Crippen LogP) is 1.40. The van der Waals surface area contributed by atoms with Crippen LogP contribution in [-0.2, 0) is 10.2 Å². The van der Waals surface area contributed by atoms with E-state index in [1.165, 1.54) is 11.3 Å². The number of nitrogens with one attached hydrogen (secondary N) is 2. The molecule has 2 amide bonds. The number of aromatic nitrogens is 1. The molecule has 20 heavy (non-hydrogen) atoms. The molecule has 0 aliphatic heterocycles. The summed E-state index contributed by atoms with van der Waals surface area (Å²) in [7, 11) is 0. The summed E-state index contributed by atoms with van der Waals surface area (Å²) in [5, 5.41) is 24.6. The van der Waals surface area contributed by atoms with Crippen LogP contribution in [0.5, 0.6) is 0 Å². The van der Waals surface area contributed by atoms with Crippen LogP contribution in [0.2, 0.25) is 0 Å². The first-order valence-corrected chi connectivity index (χ1v) is 6.99. The molecule has 0 saturated carbocycles. The summed E-state index contributed by atoms with van der Waals surface area (Å²) >= 11 is 1.27. The number of aliphatic hydroxyl groups is 1. The van der Waals surface area contributed by atoms with Crippen molar-refractivity contribution in [1.82, 2.24) is 10.3 Å². The van der Waals surface area contributed by atoms with Crippen molar-refractivity contribution >= 4 is 28.5 Å². The smallest absolute Gasteiger partial charge is 0.326 e. The van der Waals surface area contributed by atoms with Crippen LogP contribution in [0.25, 0.3) is 0 Å². The molecule has 112 valence electrons. The third-order valence-electron chi connectivity index (χ3n) is 2.51. The largest absolute Gasteiger partial charge is 0.480 e. The zero-order valence-corrected chi connectivity index (χ0v) is 12.5. The molecule has 0 saturated heterocycles. The van der Waals surface area contributed by atoms with Crippen molar-refractivity contribution in [2.45, 2.75) is 38.6 Å². The maximum Gasteiger partial charge on any atom is 0.326 e. The molecule has 0 bridgehead atoms. The fraction of sp³-hybridized carbons (Fsp3) is 0.583. The van der Waals surface area contributed by atoms with Crippen LogP contribution < -0.4 is 10.6 Å². The second-order valence-corrected chi connectivity index (χ2v) is 6.15. The molecule has 1 atom stereocenters. The molecule has 0 spiro atoms. The Morgan fingerprint density at radius 1 is 1.45 bits per heavy atom. The van der Waals surface area contributed by atoms with E-state index in [-0.39, 0.29) is 18.4 Å². The van der Waals surface area contributed by atoms with E-state index in [0.29, 0.717) is 5.13 Å². The molecule has 4 N–H and O–H groups in total. The van der Waals surface area contributed by atoms with Crippen molar-refractivity contribution in [2.75, 3.05) is 11.9 Å². The van der Waals surface area contributed by atoms with Gasteiger partial charge in [-0.15, -0.1) is 11.3 Å². The first-order valence-electron chi connectivity index (χ1n) is 6.11. The van der Waals surface area contributed by atoms with E-state index in [1.54, 1.807) is 0 Å². The van der Waals surface area contributed by atoms with Crippen LogP contribution >= 0.6 is 11.3 Å². The molecule has 1 unspecified atom stereocenters. The highest BCUT2D eigenvalue weighted by atomic mass is 32.1. The molecule has 0 radical (unpaired) electrons. The van der Waals surface area contributed by atoms with Crippen molar-refractivity contribution in [2.24, 2.45) is 0 Å². The lowest BCUT2D eigenvalue weighted by atomic mass is 9.93. The van der Waals surface area contributed by atoms with E-state index in [4.69, 9.17) is 10.2 Å². The van der Waals surface area contributed by atoms with Crippen LogP contribution in [0.4, 0.5) is 9.93 Å². The third-order valence-corrected chi connectivity index (χ3v) is 3.27. The Labute approximate surface area is 121 Å². The van der Waals surface area contributed by atoms with Crippen molar-refractivity contribution < 1.29 is 19.8 Å². The Balaban J connectivity index is 2.62. The number of thiazole rings is 1. The number of carbonyl (C=O) groups is 2. The number of carbonyl (C=O) groups excluding carboxylic acids is 1.